The third-order valence-corrected chi connectivity index (χ3v) is 6.46. The van der Waals surface area contributed by atoms with Gasteiger partial charge in [0.15, 0.2) is 0 Å². The van der Waals surface area contributed by atoms with Gasteiger partial charge in [-0.3, -0.25) is 9.59 Å². The van der Waals surface area contributed by atoms with Crippen molar-refractivity contribution < 1.29 is 19.1 Å². The number of likely N-dealkylation sites (N-methyl/N-ethyl adjacent to an activating group) is 2. The summed E-state index contributed by atoms with van der Waals surface area (Å²) in [5.41, 5.74) is 0. The predicted molar refractivity (Wildman–Crippen MR) is 115 cm³/mol. The van der Waals surface area contributed by atoms with Gasteiger partial charge in [0.1, 0.15) is 0 Å². The number of carbonyl (C=O) groups is 2. The molecule has 0 radical (unpaired) electrons. The Morgan fingerprint density at radius 1 is 0.733 bits per heavy atom. The van der Waals surface area contributed by atoms with Crippen molar-refractivity contribution in [3.63, 3.8) is 0 Å². The number of nitrogens with zero attached hydrogens (tertiary/aromatic N) is 4. The van der Waals surface area contributed by atoms with Crippen LogP contribution in [0.4, 0.5) is 0 Å². The highest BCUT2D eigenvalue weighted by Gasteiger charge is 2.36. The van der Waals surface area contributed by atoms with Crippen molar-refractivity contribution in [1.29, 1.82) is 0 Å². The summed E-state index contributed by atoms with van der Waals surface area (Å²) in [7, 11) is 8.11. The van der Waals surface area contributed by atoms with Crippen LogP contribution in [-0.4, -0.2) is 124 Å². The lowest BCUT2D eigenvalue weighted by Crippen LogP contribution is -2.52. The molecule has 2 aliphatic heterocycles. The maximum absolute atomic E-state index is 13.0. The van der Waals surface area contributed by atoms with Crippen LogP contribution in [0.5, 0.6) is 0 Å². The molecule has 2 unspecified atom stereocenters. The van der Waals surface area contributed by atoms with Gasteiger partial charge in [-0.2, -0.15) is 0 Å². The van der Waals surface area contributed by atoms with E-state index in [1.54, 1.807) is 0 Å². The van der Waals surface area contributed by atoms with Crippen molar-refractivity contribution in [3.05, 3.63) is 0 Å². The Bertz CT molecular complexity index is 527. The molecule has 3 fully saturated rings. The molecule has 2 heterocycles. The van der Waals surface area contributed by atoms with Crippen LogP contribution in [0.25, 0.3) is 0 Å². The third-order valence-electron chi connectivity index (χ3n) is 6.46. The predicted octanol–water partition coefficient (Wildman–Crippen LogP) is 0.371. The second-order valence-corrected chi connectivity index (χ2v) is 9.63. The fraction of sp³-hybridized carbons (Fsp3) is 0.909. The second-order valence-electron chi connectivity index (χ2n) is 9.63. The normalized spacial score (nSPS) is 30.7. The first kappa shape index (κ1) is 23.4. The van der Waals surface area contributed by atoms with Crippen LogP contribution < -0.4 is 0 Å². The summed E-state index contributed by atoms with van der Waals surface area (Å²) in [6.07, 6.45) is 3.44. The lowest BCUT2D eigenvalue weighted by atomic mass is 9.80. The summed E-state index contributed by atoms with van der Waals surface area (Å²) in [6.45, 7) is 5.62. The zero-order chi connectivity index (χ0) is 21.7. The second kappa shape index (κ2) is 10.9. The molecule has 2 saturated heterocycles. The molecule has 8 nitrogen and oxygen atoms in total. The number of carbonyl (C=O) groups excluding carboxylic acids is 2. The van der Waals surface area contributed by atoms with Crippen LogP contribution >= 0.6 is 0 Å². The number of amides is 2. The highest BCUT2D eigenvalue weighted by atomic mass is 16.5. The number of ether oxygens (including phenoxy) is 2. The maximum atomic E-state index is 13.0. The molecule has 0 spiro atoms. The number of hydrogen-bond acceptors (Lipinski definition) is 6. The Balaban J connectivity index is 1.46. The van der Waals surface area contributed by atoms with Gasteiger partial charge in [0.2, 0.25) is 11.8 Å². The molecule has 0 aromatic rings. The molecule has 3 aliphatic rings. The van der Waals surface area contributed by atoms with E-state index in [-0.39, 0.29) is 35.9 Å². The largest absolute Gasteiger partial charge is 0.373 e. The molecular formula is C22H40N4O4. The molecule has 2 atom stereocenters. The summed E-state index contributed by atoms with van der Waals surface area (Å²) in [6, 6.07) is 0. The van der Waals surface area contributed by atoms with Crippen LogP contribution in [-0.2, 0) is 19.1 Å². The molecule has 0 N–H and O–H groups in total. The summed E-state index contributed by atoms with van der Waals surface area (Å²) in [5.74, 6) is 0.618. The van der Waals surface area contributed by atoms with E-state index in [0.29, 0.717) is 39.4 Å². The summed E-state index contributed by atoms with van der Waals surface area (Å²) in [5, 5.41) is 0. The highest BCUT2D eigenvalue weighted by Crippen LogP contribution is 2.32. The van der Waals surface area contributed by atoms with E-state index in [2.05, 4.69) is 9.80 Å². The van der Waals surface area contributed by atoms with Gasteiger partial charge in [0.05, 0.1) is 25.4 Å². The van der Waals surface area contributed by atoms with E-state index in [4.69, 9.17) is 9.47 Å². The molecule has 0 bridgehead atoms. The molecule has 172 valence electrons. The van der Waals surface area contributed by atoms with Gasteiger partial charge in [0, 0.05) is 51.1 Å². The Labute approximate surface area is 181 Å². The molecule has 1 aliphatic carbocycles. The van der Waals surface area contributed by atoms with Crippen LogP contribution in [0.2, 0.25) is 0 Å². The van der Waals surface area contributed by atoms with E-state index >= 15 is 0 Å². The quantitative estimate of drug-likeness (QED) is 0.614. The van der Waals surface area contributed by atoms with Crippen LogP contribution in [0.15, 0.2) is 0 Å². The Morgan fingerprint density at radius 2 is 1.10 bits per heavy atom. The minimum atomic E-state index is 0.0540. The smallest absolute Gasteiger partial charge is 0.225 e. The fourth-order valence-corrected chi connectivity index (χ4v) is 4.98. The fourth-order valence-electron chi connectivity index (χ4n) is 4.98. The van der Waals surface area contributed by atoms with Gasteiger partial charge >= 0.3 is 0 Å². The van der Waals surface area contributed by atoms with E-state index < -0.39 is 0 Å². The van der Waals surface area contributed by atoms with Crippen molar-refractivity contribution in [1.82, 2.24) is 19.6 Å². The van der Waals surface area contributed by atoms with Gasteiger partial charge in [-0.15, -0.1) is 0 Å². The minimum absolute atomic E-state index is 0.0540. The minimum Gasteiger partial charge on any atom is -0.373 e. The average Bonchev–Trinajstić information content (AvgIpc) is 2.72. The van der Waals surface area contributed by atoms with E-state index in [1.165, 1.54) is 0 Å². The molecule has 8 heteroatoms. The summed E-state index contributed by atoms with van der Waals surface area (Å²) >= 11 is 0. The van der Waals surface area contributed by atoms with Gasteiger partial charge < -0.3 is 29.1 Å². The van der Waals surface area contributed by atoms with Gasteiger partial charge in [-0.25, -0.2) is 0 Å². The first-order chi connectivity index (χ1) is 14.3. The Morgan fingerprint density at radius 3 is 1.43 bits per heavy atom. The zero-order valence-corrected chi connectivity index (χ0v) is 19.2. The zero-order valence-electron chi connectivity index (χ0n) is 19.2. The maximum Gasteiger partial charge on any atom is 0.225 e. The molecule has 30 heavy (non-hydrogen) atoms. The van der Waals surface area contributed by atoms with Gasteiger partial charge in [-0.1, -0.05) is 0 Å². The topological polar surface area (TPSA) is 65.6 Å². The molecular weight excluding hydrogens is 384 g/mol. The van der Waals surface area contributed by atoms with Crippen molar-refractivity contribution in [3.8, 4) is 0 Å². The number of hydrogen-bond donors (Lipinski definition) is 0. The van der Waals surface area contributed by atoms with Crippen molar-refractivity contribution >= 4 is 11.8 Å². The number of rotatable bonds is 6. The highest BCUT2D eigenvalue weighted by molar-refractivity contribution is 5.81. The van der Waals surface area contributed by atoms with Gasteiger partial charge in [0.25, 0.3) is 0 Å². The lowest BCUT2D eigenvalue weighted by Gasteiger charge is -2.39. The van der Waals surface area contributed by atoms with E-state index in [1.807, 2.05) is 38.0 Å². The first-order valence-corrected chi connectivity index (χ1v) is 11.4. The molecule has 0 aromatic carbocycles. The van der Waals surface area contributed by atoms with Crippen LogP contribution in [0, 0.1) is 11.8 Å². The average molecular weight is 425 g/mol. The summed E-state index contributed by atoms with van der Waals surface area (Å²) in [4.78, 5) is 34.3. The molecule has 2 amide bonds. The van der Waals surface area contributed by atoms with Crippen LogP contribution in [0.3, 0.4) is 0 Å². The third kappa shape index (κ3) is 6.39. The van der Waals surface area contributed by atoms with E-state index in [9.17, 15) is 9.59 Å². The van der Waals surface area contributed by atoms with Crippen molar-refractivity contribution in [2.24, 2.45) is 11.8 Å². The van der Waals surface area contributed by atoms with E-state index in [0.717, 1.165) is 38.8 Å². The van der Waals surface area contributed by atoms with Crippen molar-refractivity contribution in [2.45, 2.75) is 37.9 Å². The van der Waals surface area contributed by atoms with Crippen molar-refractivity contribution in [2.75, 3.05) is 80.7 Å². The Kier molecular flexibility index (Phi) is 8.51. The summed E-state index contributed by atoms with van der Waals surface area (Å²) < 4.78 is 11.6. The standard InChI is InChI=1S/C22H40N4O4/c1-23(2)13-19-15-25(9-11-29-19)21(27)17-5-7-18(8-6-17)22(28)26-10-12-30-20(16-26)14-24(3)4/h17-20H,5-16H2,1-4H3. The number of morpholine rings is 2. The van der Waals surface area contributed by atoms with Gasteiger partial charge in [-0.05, 0) is 53.9 Å². The SMILES string of the molecule is CN(C)CC1CN(C(=O)C2CCC(C(=O)N3CCOC(CN(C)C)C3)CC2)CCO1. The lowest BCUT2D eigenvalue weighted by molar-refractivity contribution is -0.149. The molecule has 0 aromatic heterocycles. The molecule has 1 saturated carbocycles. The Hall–Kier alpha value is -1.22. The first-order valence-electron chi connectivity index (χ1n) is 11.4. The molecule has 3 rings (SSSR count). The van der Waals surface area contributed by atoms with Crippen LogP contribution in [0.1, 0.15) is 25.7 Å². The monoisotopic (exact) mass is 424 g/mol.